The number of amides is 1. The van der Waals surface area contributed by atoms with Crippen LogP contribution in [0.25, 0.3) is 0 Å². The van der Waals surface area contributed by atoms with Gasteiger partial charge in [-0.2, -0.15) is 0 Å². The average molecular weight is 360 g/mol. The van der Waals surface area contributed by atoms with Crippen LogP contribution in [0.15, 0.2) is 48.5 Å². The second-order valence-electron chi connectivity index (χ2n) is 5.84. The van der Waals surface area contributed by atoms with Gasteiger partial charge in [-0.15, -0.1) is 0 Å². The molecule has 1 amide bonds. The molecule has 0 aromatic heterocycles. The molecule has 0 saturated heterocycles. The lowest BCUT2D eigenvalue weighted by Crippen LogP contribution is -2.27. The van der Waals surface area contributed by atoms with Crippen LogP contribution in [0.2, 0.25) is 5.02 Å². The zero-order valence-corrected chi connectivity index (χ0v) is 15.2. The molecular weight excluding hydrogens is 338 g/mol. The minimum absolute atomic E-state index is 0.0866. The van der Waals surface area contributed by atoms with Gasteiger partial charge < -0.3 is 10.1 Å². The molecule has 0 heterocycles. The van der Waals surface area contributed by atoms with Crippen molar-refractivity contribution in [3.8, 4) is 5.75 Å². The summed E-state index contributed by atoms with van der Waals surface area (Å²) in [6.45, 7) is 4.48. The summed E-state index contributed by atoms with van der Waals surface area (Å²) in [4.78, 5) is 23.9. The molecule has 0 saturated carbocycles. The van der Waals surface area contributed by atoms with Gasteiger partial charge in [-0.25, -0.2) is 0 Å². The molecular formula is C20H22ClNO3. The molecule has 0 unspecified atom stereocenters. The maximum atomic E-state index is 12.0. The van der Waals surface area contributed by atoms with E-state index in [-0.39, 0.29) is 18.9 Å². The molecule has 0 spiro atoms. The molecule has 0 aliphatic carbocycles. The summed E-state index contributed by atoms with van der Waals surface area (Å²) >= 11 is 5.96. The number of benzene rings is 2. The van der Waals surface area contributed by atoms with Crippen molar-refractivity contribution in [1.29, 1.82) is 0 Å². The van der Waals surface area contributed by atoms with Gasteiger partial charge >= 0.3 is 5.97 Å². The van der Waals surface area contributed by atoms with E-state index in [0.717, 1.165) is 6.42 Å². The fraction of sp³-hybridized carbons (Fsp3) is 0.300. The van der Waals surface area contributed by atoms with E-state index in [1.165, 1.54) is 5.56 Å². The Morgan fingerprint density at radius 1 is 1.12 bits per heavy atom. The van der Waals surface area contributed by atoms with E-state index in [1.54, 1.807) is 36.4 Å². The standard InChI is InChI=1S/C20H22ClNO3/c1-3-14(2)15-8-10-16(11-9-15)25-19(23)12-13-22-20(24)17-6-4-5-7-18(17)21/h4-11,14H,3,12-13H2,1-2H3,(H,22,24)/t14-/m1/s1. The summed E-state index contributed by atoms with van der Waals surface area (Å²) in [5.74, 6) is 0.284. The maximum Gasteiger partial charge on any atom is 0.312 e. The fourth-order valence-corrected chi connectivity index (χ4v) is 2.52. The highest BCUT2D eigenvalue weighted by molar-refractivity contribution is 6.33. The van der Waals surface area contributed by atoms with E-state index in [0.29, 0.717) is 22.3 Å². The number of ether oxygens (including phenoxy) is 1. The Balaban J connectivity index is 1.79. The Kier molecular flexibility index (Phi) is 7.02. The highest BCUT2D eigenvalue weighted by Gasteiger charge is 2.11. The number of esters is 1. The summed E-state index contributed by atoms with van der Waals surface area (Å²) in [7, 11) is 0. The lowest BCUT2D eigenvalue weighted by Gasteiger charge is -2.10. The first-order chi connectivity index (χ1) is 12.0. The lowest BCUT2D eigenvalue weighted by molar-refractivity contribution is -0.134. The van der Waals surface area contributed by atoms with E-state index in [9.17, 15) is 9.59 Å². The molecule has 0 aliphatic rings. The molecule has 0 bridgehead atoms. The van der Waals surface area contributed by atoms with Crippen LogP contribution in [0.3, 0.4) is 0 Å². The minimum atomic E-state index is -0.393. The monoisotopic (exact) mass is 359 g/mol. The van der Waals surface area contributed by atoms with Gasteiger partial charge in [0.1, 0.15) is 5.75 Å². The maximum absolute atomic E-state index is 12.0. The van der Waals surface area contributed by atoms with Gasteiger partial charge in [0, 0.05) is 6.54 Å². The highest BCUT2D eigenvalue weighted by atomic mass is 35.5. The van der Waals surface area contributed by atoms with Crippen LogP contribution in [0.5, 0.6) is 5.75 Å². The van der Waals surface area contributed by atoms with Crippen LogP contribution in [-0.4, -0.2) is 18.4 Å². The van der Waals surface area contributed by atoms with E-state index in [2.05, 4.69) is 19.2 Å². The number of carbonyl (C=O) groups is 2. The summed E-state index contributed by atoms with van der Waals surface area (Å²) in [6.07, 6.45) is 1.15. The Morgan fingerprint density at radius 3 is 2.44 bits per heavy atom. The molecule has 5 heteroatoms. The van der Waals surface area contributed by atoms with Gasteiger partial charge in [0.25, 0.3) is 5.91 Å². The third kappa shape index (κ3) is 5.61. The van der Waals surface area contributed by atoms with Crippen LogP contribution >= 0.6 is 11.6 Å². The normalized spacial score (nSPS) is 11.6. The Bertz CT molecular complexity index is 728. The zero-order chi connectivity index (χ0) is 18.2. The summed E-state index contributed by atoms with van der Waals surface area (Å²) < 4.78 is 5.28. The number of hydrogen-bond acceptors (Lipinski definition) is 3. The van der Waals surface area contributed by atoms with E-state index in [1.807, 2.05) is 12.1 Å². The van der Waals surface area contributed by atoms with Crippen LogP contribution in [-0.2, 0) is 4.79 Å². The van der Waals surface area contributed by atoms with Gasteiger partial charge in [0.05, 0.1) is 17.0 Å². The first kappa shape index (κ1) is 19.0. The molecule has 2 rings (SSSR count). The molecule has 0 radical (unpaired) electrons. The number of hydrogen-bond donors (Lipinski definition) is 1. The van der Waals surface area contributed by atoms with Crippen molar-refractivity contribution in [1.82, 2.24) is 5.32 Å². The second kappa shape index (κ2) is 9.23. The van der Waals surface area contributed by atoms with E-state index >= 15 is 0 Å². The number of rotatable bonds is 7. The van der Waals surface area contributed by atoms with Crippen molar-refractivity contribution < 1.29 is 14.3 Å². The lowest BCUT2D eigenvalue weighted by atomic mass is 9.99. The van der Waals surface area contributed by atoms with Gasteiger partial charge in [-0.3, -0.25) is 9.59 Å². The molecule has 2 aromatic rings. The molecule has 0 fully saturated rings. The van der Waals surface area contributed by atoms with Gasteiger partial charge in [0.15, 0.2) is 0 Å². The van der Waals surface area contributed by atoms with Crippen LogP contribution in [0.4, 0.5) is 0 Å². The zero-order valence-electron chi connectivity index (χ0n) is 14.4. The average Bonchev–Trinajstić information content (AvgIpc) is 2.62. The molecule has 0 aliphatic heterocycles. The SMILES string of the molecule is CC[C@@H](C)c1ccc(OC(=O)CCNC(=O)c2ccccc2Cl)cc1. The summed E-state index contributed by atoms with van der Waals surface area (Å²) in [5.41, 5.74) is 1.60. The third-order valence-electron chi connectivity index (χ3n) is 4.03. The Morgan fingerprint density at radius 2 is 1.80 bits per heavy atom. The molecule has 1 N–H and O–H groups in total. The molecule has 132 valence electrons. The summed E-state index contributed by atoms with van der Waals surface area (Å²) in [5, 5.41) is 3.04. The smallest absolute Gasteiger partial charge is 0.312 e. The van der Waals surface area contributed by atoms with E-state index in [4.69, 9.17) is 16.3 Å². The first-order valence-corrected chi connectivity index (χ1v) is 8.72. The quantitative estimate of drug-likeness (QED) is 0.581. The first-order valence-electron chi connectivity index (χ1n) is 8.34. The largest absolute Gasteiger partial charge is 0.426 e. The molecule has 25 heavy (non-hydrogen) atoms. The Hall–Kier alpha value is -2.33. The molecule has 1 atom stereocenters. The fourth-order valence-electron chi connectivity index (χ4n) is 2.30. The van der Waals surface area contributed by atoms with Gasteiger partial charge in [-0.1, -0.05) is 49.7 Å². The van der Waals surface area contributed by atoms with Crippen molar-refractivity contribution in [2.45, 2.75) is 32.6 Å². The predicted molar refractivity (Wildman–Crippen MR) is 99.2 cm³/mol. The predicted octanol–water partition coefficient (Wildman–Crippen LogP) is 4.58. The number of halogens is 1. The van der Waals surface area contributed by atoms with Crippen molar-refractivity contribution in [2.24, 2.45) is 0 Å². The van der Waals surface area contributed by atoms with Gasteiger partial charge in [-0.05, 0) is 42.2 Å². The van der Waals surface area contributed by atoms with E-state index < -0.39 is 5.97 Å². The summed E-state index contributed by atoms with van der Waals surface area (Å²) in [6, 6.07) is 14.3. The Labute approximate surface area is 153 Å². The van der Waals surface area contributed by atoms with Crippen molar-refractivity contribution in [3.05, 3.63) is 64.7 Å². The molecule has 4 nitrogen and oxygen atoms in total. The van der Waals surface area contributed by atoms with Crippen molar-refractivity contribution >= 4 is 23.5 Å². The number of carbonyl (C=O) groups excluding carboxylic acids is 2. The van der Waals surface area contributed by atoms with Gasteiger partial charge in [0.2, 0.25) is 0 Å². The molecule has 2 aromatic carbocycles. The minimum Gasteiger partial charge on any atom is -0.426 e. The third-order valence-corrected chi connectivity index (χ3v) is 4.36. The topological polar surface area (TPSA) is 55.4 Å². The second-order valence-corrected chi connectivity index (χ2v) is 6.25. The van der Waals surface area contributed by atoms with Crippen LogP contribution < -0.4 is 10.1 Å². The van der Waals surface area contributed by atoms with Crippen molar-refractivity contribution in [3.63, 3.8) is 0 Å². The van der Waals surface area contributed by atoms with Crippen LogP contribution in [0.1, 0.15) is 48.5 Å². The van der Waals surface area contributed by atoms with Crippen LogP contribution in [0, 0.1) is 0 Å². The highest BCUT2D eigenvalue weighted by Crippen LogP contribution is 2.21. The number of nitrogens with one attached hydrogen (secondary N) is 1. The van der Waals surface area contributed by atoms with Crippen molar-refractivity contribution in [2.75, 3.05) is 6.54 Å².